The maximum Gasteiger partial charge on any atom is 4.00 e. The van der Waals surface area contributed by atoms with E-state index >= 15 is 0 Å². The van der Waals surface area contributed by atoms with Gasteiger partial charge in [-0.1, -0.05) is 76.9 Å². The Labute approximate surface area is 444 Å². The van der Waals surface area contributed by atoms with Crippen molar-refractivity contribution < 1.29 is 123 Å². The van der Waals surface area contributed by atoms with E-state index in [1.807, 2.05) is 0 Å². The second kappa shape index (κ2) is 35.8. The molecule has 0 aliphatic carbocycles. The average Bonchev–Trinajstić information content (AvgIpc) is 4.01. The van der Waals surface area contributed by atoms with E-state index in [0.717, 1.165) is 38.5 Å². The molecule has 0 fully saturated rings. The molecule has 8 aromatic rings. The van der Waals surface area contributed by atoms with Gasteiger partial charge in [0.25, 0.3) is 0 Å². The van der Waals surface area contributed by atoms with Gasteiger partial charge in [-0.05, 0) is 38.5 Å². The quantitative estimate of drug-likeness (QED) is 0.178. The van der Waals surface area contributed by atoms with Crippen LogP contribution in [0.5, 0.6) is 0 Å². The minimum Gasteiger partial charge on any atom is -1.00 e. The van der Waals surface area contributed by atoms with Crippen molar-refractivity contribution in [2.24, 2.45) is 0 Å². The Bertz CT molecular complexity index is 2160. The normalized spacial score (nSPS) is 9.41. The Morgan fingerprint density at radius 1 is 0.377 bits per heavy atom. The zero-order chi connectivity index (χ0) is 41.0. The van der Waals surface area contributed by atoms with Crippen LogP contribution in [-0.4, -0.2) is 10.9 Å². The predicted molar refractivity (Wildman–Crippen MR) is 249 cm³/mol. The fourth-order valence-corrected chi connectivity index (χ4v) is 6.59. The molecular formula is C52H64Cl4Si2Zr3. The first-order valence-electron chi connectivity index (χ1n) is 20.6. The first-order valence-corrected chi connectivity index (χ1v) is 33.0. The molecule has 0 bridgehead atoms. The maximum absolute atomic E-state index is 2.33. The molecule has 0 N–H and O–H groups in total. The van der Waals surface area contributed by atoms with Crippen LogP contribution >= 0.6 is 0 Å². The molecule has 8 rings (SSSR count). The Morgan fingerprint density at radius 2 is 0.639 bits per heavy atom. The average molecular weight is 1160 g/mol. The Balaban J connectivity index is -0.000000678. The molecule has 0 unspecified atom stereocenters. The van der Waals surface area contributed by atoms with Gasteiger partial charge in [0, 0.05) is 0 Å². The number of rotatable bonds is 6. The molecule has 0 aromatic heterocycles. The molecule has 0 nitrogen and oxygen atoms in total. The molecule has 0 amide bonds. The summed E-state index contributed by atoms with van der Waals surface area (Å²) in [5.74, 6) is 0. The van der Waals surface area contributed by atoms with Crippen LogP contribution in [0.25, 0.3) is 43.1 Å². The molecule has 0 aliphatic heterocycles. The topological polar surface area (TPSA) is 0 Å². The molecule has 320 valence electrons. The molecule has 0 saturated heterocycles. The summed E-state index contributed by atoms with van der Waals surface area (Å²) in [5.41, 5.74) is 9.14. The van der Waals surface area contributed by atoms with Gasteiger partial charge in [-0.3, -0.25) is 0 Å². The molecule has 0 saturated carbocycles. The van der Waals surface area contributed by atoms with Crippen molar-refractivity contribution in [3.63, 3.8) is 0 Å². The summed E-state index contributed by atoms with van der Waals surface area (Å²) < 4.78 is 0. The van der Waals surface area contributed by atoms with Crippen LogP contribution in [0.15, 0.2) is 133 Å². The van der Waals surface area contributed by atoms with E-state index in [4.69, 9.17) is 0 Å². The van der Waals surface area contributed by atoms with Gasteiger partial charge in [0.05, 0.1) is 0 Å². The summed E-state index contributed by atoms with van der Waals surface area (Å²) in [5, 5.41) is 11.2. The minimum absolute atomic E-state index is 0. The van der Waals surface area contributed by atoms with Crippen LogP contribution in [0.1, 0.15) is 74.9 Å². The smallest absolute Gasteiger partial charge is 1.00 e. The zero-order valence-electron chi connectivity index (χ0n) is 38.0. The van der Waals surface area contributed by atoms with Crippen molar-refractivity contribution in [1.82, 2.24) is 0 Å². The standard InChI is InChI=1S/2C13H15.2C11H11.2C2H6Si.4ClH.3Zr/c2*1-3-10-8-12-7-5-6-11(4-2)13(12)9-10;2*1-2-9-7-10-5-3-4-6-11(10)8-9;2*1-3-2;;;;;;;/h2*5-9H,3-4H2,1-2H3;2*3-8H,2H2,1H3;2*1-2H3;4*1H;;;/q4*-1;;;;;;;2*+2;+4/p-4. The van der Waals surface area contributed by atoms with Crippen molar-refractivity contribution in [3.05, 3.63) is 167 Å². The Kier molecular flexibility index (Phi) is 38.0. The third-order valence-corrected chi connectivity index (χ3v) is 9.55. The third kappa shape index (κ3) is 22.5. The number of benzene rings is 4. The van der Waals surface area contributed by atoms with Gasteiger partial charge >= 0.3 is 110 Å². The van der Waals surface area contributed by atoms with Crippen molar-refractivity contribution >= 4 is 54.0 Å². The van der Waals surface area contributed by atoms with E-state index in [-0.39, 0.29) is 86.7 Å². The summed E-state index contributed by atoms with van der Waals surface area (Å²) in [4.78, 5) is 0. The number of aryl methyl sites for hydroxylation is 6. The molecule has 0 radical (unpaired) electrons. The number of fused-ring (bicyclic) bond motifs is 4. The van der Waals surface area contributed by atoms with Crippen LogP contribution in [-0.2, 0) is 111 Å². The van der Waals surface area contributed by atoms with E-state index in [2.05, 4.69) is 201 Å². The van der Waals surface area contributed by atoms with Gasteiger partial charge in [0.2, 0.25) is 0 Å². The van der Waals surface area contributed by atoms with E-state index in [1.54, 1.807) is 46.7 Å². The van der Waals surface area contributed by atoms with E-state index in [9.17, 15) is 0 Å². The third-order valence-electron chi connectivity index (χ3n) is 9.55. The first kappa shape index (κ1) is 64.8. The summed E-state index contributed by atoms with van der Waals surface area (Å²) >= 11 is 3.48. The zero-order valence-corrected chi connectivity index (χ0v) is 50.4. The molecule has 9 heteroatoms. The predicted octanol–water partition coefficient (Wildman–Crippen LogP) is 3.19. The van der Waals surface area contributed by atoms with Crippen molar-refractivity contribution in [3.8, 4) is 0 Å². The number of hydrogen-bond acceptors (Lipinski definition) is 0. The number of hydrogen-bond donors (Lipinski definition) is 0. The molecule has 0 atom stereocenters. The van der Waals surface area contributed by atoms with Gasteiger partial charge in [-0.25, -0.2) is 0 Å². The van der Waals surface area contributed by atoms with Crippen LogP contribution in [0, 0.1) is 0 Å². The van der Waals surface area contributed by atoms with E-state index in [0.29, 0.717) is 0 Å². The van der Waals surface area contributed by atoms with Gasteiger partial charge < -0.3 is 49.6 Å². The summed E-state index contributed by atoms with van der Waals surface area (Å²) in [6, 6.07) is 48.4. The van der Waals surface area contributed by atoms with Gasteiger partial charge in [-0.15, -0.1) is 150 Å². The fourth-order valence-electron chi connectivity index (χ4n) is 6.59. The second-order valence-corrected chi connectivity index (χ2v) is 33.4. The molecule has 0 aliphatic rings. The number of halogens is 4. The van der Waals surface area contributed by atoms with E-state index < -0.39 is 0 Å². The largest absolute Gasteiger partial charge is 4.00 e. The van der Waals surface area contributed by atoms with Gasteiger partial charge in [0.1, 0.15) is 0 Å². The van der Waals surface area contributed by atoms with Gasteiger partial charge in [-0.2, -0.15) is 24.3 Å². The monoisotopic (exact) mass is 1150 g/mol. The first-order chi connectivity index (χ1) is 27.0. The van der Waals surface area contributed by atoms with Crippen molar-refractivity contribution in [2.45, 2.75) is 106 Å². The fraction of sp³-hybridized carbons (Fsp3) is 0.308. The minimum atomic E-state index is 0. The van der Waals surface area contributed by atoms with Crippen LogP contribution < -0.4 is 49.6 Å². The summed E-state index contributed by atoms with van der Waals surface area (Å²) in [7, 11) is 0. The van der Waals surface area contributed by atoms with Gasteiger partial charge in [0.15, 0.2) is 0 Å². The molecule has 0 heterocycles. The van der Waals surface area contributed by atoms with Crippen molar-refractivity contribution in [1.29, 1.82) is 0 Å². The molecular weight excluding hydrogens is 1100 g/mol. The Hall–Kier alpha value is -0.437. The summed E-state index contributed by atoms with van der Waals surface area (Å²) in [6.45, 7) is 22.5. The Morgan fingerprint density at radius 3 is 0.918 bits per heavy atom. The molecule has 0 spiro atoms. The molecule has 8 aromatic carbocycles. The molecule has 61 heavy (non-hydrogen) atoms. The maximum atomic E-state index is 2.33. The van der Waals surface area contributed by atoms with Crippen molar-refractivity contribution in [2.75, 3.05) is 0 Å². The van der Waals surface area contributed by atoms with Crippen LogP contribution in [0.3, 0.4) is 0 Å². The van der Waals surface area contributed by atoms with E-state index in [1.165, 1.54) is 76.5 Å². The van der Waals surface area contributed by atoms with Crippen LogP contribution in [0.2, 0.25) is 26.2 Å². The second-order valence-electron chi connectivity index (χ2n) is 14.7. The van der Waals surface area contributed by atoms with Crippen LogP contribution in [0.4, 0.5) is 0 Å². The summed E-state index contributed by atoms with van der Waals surface area (Å²) in [6.07, 6.45) is 6.80. The SMILES string of the molecule is CCc1cc2c(CC)cccc2[cH-]1.CCc1cc2c(CC)cccc2[cH-]1.CCc1cc2ccccc2[cH-]1.CCc1cc2ccccc2[cH-]1.C[Si](C)=[Zr+2].C[Si](C)=[Zr+2].[Cl-].[Cl-].[Cl-].[Cl-].[Zr+4].